The second kappa shape index (κ2) is 3.20. The fourth-order valence-electron chi connectivity index (χ4n) is 4.23. The number of rotatable bonds is 2. The molecule has 4 saturated carbocycles. The molecule has 0 saturated heterocycles. The molecule has 0 heterocycles. The third-order valence-corrected chi connectivity index (χ3v) is 5.00. The average Bonchev–Trinajstić information content (AvgIpc) is 2.08. The Kier molecular flexibility index (Phi) is 2.15. The molecule has 0 radical (unpaired) electrons. The van der Waals surface area contributed by atoms with Gasteiger partial charge in [-0.3, -0.25) is 4.18 Å². The highest BCUT2D eigenvalue weighted by atomic mass is 32.2. The summed E-state index contributed by atoms with van der Waals surface area (Å²) in [5.41, 5.74) is 0. The zero-order valence-corrected chi connectivity index (χ0v) is 9.87. The van der Waals surface area contributed by atoms with Crippen molar-refractivity contribution in [3.63, 3.8) is 0 Å². The summed E-state index contributed by atoms with van der Waals surface area (Å²) in [6.45, 7) is 0. The maximum Gasteiger partial charge on any atom is 0.264 e. The molecule has 0 amide bonds. The summed E-state index contributed by atoms with van der Waals surface area (Å²) in [5.74, 6) is 2.78. The first kappa shape index (κ1) is 10.1. The maximum atomic E-state index is 11.2. The van der Waals surface area contributed by atoms with E-state index >= 15 is 0 Å². The van der Waals surface area contributed by atoms with Gasteiger partial charge in [0.2, 0.25) is 0 Å². The highest BCUT2D eigenvalue weighted by Gasteiger charge is 2.49. The van der Waals surface area contributed by atoms with Gasteiger partial charge in [-0.15, -0.1) is 0 Å². The van der Waals surface area contributed by atoms with Crippen LogP contribution in [0.15, 0.2) is 0 Å². The molecule has 4 heteroatoms. The monoisotopic (exact) mass is 230 g/mol. The first-order valence-corrected chi connectivity index (χ1v) is 7.71. The van der Waals surface area contributed by atoms with Crippen LogP contribution < -0.4 is 0 Å². The van der Waals surface area contributed by atoms with Gasteiger partial charge >= 0.3 is 0 Å². The minimum Gasteiger partial charge on any atom is -0.266 e. The van der Waals surface area contributed by atoms with E-state index in [2.05, 4.69) is 0 Å². The summed E-state index contributed by atoms with van der Waals surface area (Å²) in [7, 11) is -3.27. The third-order valence-electron chi connectivity index (χ3n) is 4.43. The zero-order valence-electron chi connectivity index (χ0n) is 9.06. The molecule has 0 aromatic carbocycles. The quantitative estimate of drug-likeness (QED) is 0.679. The van der Waals surface area contributed by atoms with Crippen LogP contribution in [-0.2, 0) is 14.3 Å². The van der Waals surface area contributed by atoms with Gasteiger partial charge in [-0.05, 0) is 55.8 Å². The van der Waals surface area contributed by atoms with Gasteiger partial charge in [0, 0.05) is 0 Å². The van der Waals surface area contributed by atoms with Gasteiger partial charge in [-0.25, -0.2) is 0 Å². The molecule has 86 valence electrons. The smallest absolute Gasteiger partial charge is 0.264 e. The summed E-state index contributed by atoms with van der Waals surface area (Å²) in [4.78, 5) is 0. The molecule has 0 unspecified atom stereocenters. The molecule has 15 heavy (non-hydrogen) atoms. The van der Waals surface area contributed by atoms with E-state index in [-0.39, 0.29) is 6.10 Å². The minimum atomic E-state index is -3.27. The molecule has 4 aliphatic carbocycles. The van der Waals surface area contributed by atoms with E-state index in [0.717, 1.165) is 11.8 Å². The molecule has 4 bridgehead atoms. The molecule has 3 nitrogen and oxygen atoms in total. The standard InChI is InChI=1S/C11H18O3S/c1-15(12,13)14-11-9-3-7-2-8(5-9)6-10(11)4-7/h7-11H,2-6H2,1H3. The zero-order chi connectivity index (χ0) is 10.6. The summed E-state index contributed by atoms with van der Waals surface area (Å²) in [6, 6.07) is 0. The van der Waals surface area contributed by atoms with Gasteiger partial charge in [0.15, 0.2) is 0 Å². The Labute approximate surface area is 91.3 Å². The largest absolute Gasteiger partial charge is 0.266 e. The molecular weight excluding hydrogens is 212 g/mol. The third kappa shape index (κ3) is 1.82. The van der Waals surface area contributed by atoms with Crippen molar-refractivity contribution >= 4 is 10.1 Å². The van der Waals surface area contributed by atoms with E-state index in [1.165, 1.54) is 38.4 Å². The highest BCUT2D eigenvalue weighted by molar-refractivity contribution is 7.86. The fourth-order valence-corrected chi connectivity index (χ4v) is 4.95. The highest BCUT2D eigenvalue weighted by Crippen LogP contribution is 2.54. The first-order chi connectivity index (χ1) is 7.01. The number of hydrogen-bond donors (Lipinski definition) is 0. The van der Waals surface area contributed by atoms with Crippen molar-refractivity contribution < 1.29 is 12.6 Å². The molecule has 4 fully saturated rings. The lowest BCUT2D eigenvalue weighted by Gasteiger charge is -2.53. The molecule has 0 spiro atoms. The lowest BCUT2D eigenvalue weighted by Crippen LogP contribution is -2.49. The van der Waals surface area contributed by atoms with E-state index in [1.54, 1.807) is 0 Å². The molecule has 4 rings (SSSR count). The van der Waals surface area contributed by atoms with Gasteiger partial charge in [-0.1, -0.05) is 0 Å². The first-order valence-electron chi connectivity index (χ1n) is 5.89. The van der Waals surface area contributed by atoms with E-state index < -0.39 is 10.1 Å². The maximum absolute atomic E-state index is 11.2. The Morgan fingerprint density at radius 1 is 0.933 bits per heavy atom. The Morgan fingerprint density at radius 2 is 1.40 bits per heavy atom. The van der Waals surface area contributed by atoms with Crippen LogP contribution in [0.5, 0.6) is 0 Å². The van der Waals surface area contributed by atoms with Crippen molar-refractivity contribution in [2.24, 2.45) is 23.7 Å². The summed E-state index contributed by atoms with van der Waals surface area (Å²) in [5, 5.41) is 0. The Morgan fingerprint density at radius 3 is 1.80 bits per heavy atom. The second-order valence-electron chi connectivity index (χ2n) is 5.70. The van der Waals surface area contributed by atoms with Crippen molar-refractivity contribution in [2.45, 2.75) is 38.2 Å². The van der Waals surface area contributed by atoms with Crippen LogP contribution in [0.25, 0.3) is 0 Å². The predicted octanol–water partition coefficient (Wildman–Crippen LogP) is 1.79. The van der Waals surface area contributed by atoms with Crippen molar-refractivity contribution in [1.82, 2.24) is 0 Å². The van der Waals surface area contributed by atoms with Gasteiger partial charge < -0.3 is 0 Å². The second-order valence-corrected chi connectivity index (χ2v) is 7.30. The summed E-state index contributed by atoms with van der Waals surface area (Å²) in [6.07, 6.45) is 7.38. The molecule has 0 aromatic heterocycles. The van der Waals surface area contributed by atoms with Crippen LogP contribution in [-0.4, -0.2) is 20.8 Å². The van der Waals surface area contributed by atoms with Gasteiger partial charge in [0.25, 0.3) is 10.1 Å². The summed E-state index contributed by atoms with van der Waals surface area (Å²) < 4.78 is 27.7. The van der Waals surface area contributed by atoms with Gasteiger partial charge in [0.1, 0.15) is 0 Å². The topological polar surface area (TPSA) is 43.4 Å². The Bertz CT molecular complexity index is 332. The molecule has 4 aliphatic rings. The van der Waals surface area contributed by atoms with Crippen molar-refractivity contribution in [2.75, 3.05) is 6.26 Å². The molecule has 0 N–H and O–H groups in total. The molecule has 0 atom stereocenters. The Hall–Kier alpha value is -0.0900. The lowest BCUT2D eigenvalue weighted by atomic mass is 9.55. The van der Waals surface area contributed by atoms with Crippen LogP contribution in [0.4, 0.5) is 0 Å². The van der Waals surface area contributed by atoms with Crippen molar-refractivity contribution in [3.05, 3.63) is 0 Å². The van der Waals surface area contributed by atoms with Crippen LogP contribution in [0, 0.1) is 23.7 Å². The van der Waals surface area contributed by atoms with Crippen molar-refractivity contribution in [3.8, 4) is 0 Å². The van der Waals surface area contributed by atoms with Crippen LogP contribution in [0.1, 0.15) is 32.1 Å². The van der Waals surface area contributed by atoms with Crippen molar-refractivity contribution in [1.29, 1.82) is 0 Å². The van der Waals surface area contributed by atoms with E-state index in [0.29, 0.717) is 11.8 Å². The fraction of sp³-hybridized carbons (Fsp3) is 1.00. The van der Waals surface area contributed by atoms with Gasteiger partial charge in [-0.2, -0.15) is 8.42 Å². The SMILES string of the molecule is CS(=O)(=O)OC1C2CC3CC(C2)CC1C3. The molecule has 0 aromatic rings. The van der Waals surface area contributed by atoms with Crippen LogP contribution >= 0.6 is 0 Å². The number of hydrogen-bond acceptors (Lipinski definition) is 3. The predicted molar refractivity (Wildman–Crippen MR) is 56.8 cm³/mol. The van der Waals surface area contributed by atoms with Crippen LogP contribution in [0.3, 0.4) is 0 Å². The lowest BCUT2D eigenvalue weighted by molar-refractivity contribution is -0.0761. The van der Waals surface area contributed by atoms with E-state index in [9.17, 15) is 8.42 Å². The molecular formula is C11H18O3S. The summed E-state index contributed by atoms with van der Waals surface area (Å²) >= 11 is 0. The van der Waals surface area contributed by atoms with Gasteiger partial charge in [0.05, 0.1) is 12.4 Å². The average molecular weight is 230 g/mol. The molecule has 0 aliphatic heterocycles. The minimum absolute atomic E-state index is 0.00722. The van der Waals surface area contributed by atoms with Crippen LogP contribution in [0.2, 0.25) is 0 Å². The Balaban J connectivity index is 1.80. The van der Waals surface area contributed by atoms with E-state index in [4.69, 9.17) is 4.18 Å². The van der Waals surface area contributed by atoms with E-state index in [1.807, 2.05) is 0 Å². The normalized spacial score (nSPS) is 48.5.